The average molecular weight is 379 g/mol. The van der Waals surface area contributed by atoms with E-state index in [1.807, 2.05) is 60.7 Å². The van der Waals surface area contributed by atoms with Crippen LogP contribution in [0.4, 0.5) is 0 Å². The predicted octanol–water partition coefficient (Wildman–Crippen LogP) is 2.27. The second-order valence-corrected chi connectivity index (χ2v) is 7.51. The molecule has 0 N–H and O–H groups in total. The Balaban J connectivity index is 1.62. The molecule has 1 heterocycles. The Morgan fingerprint density at radius 3 is 1.96 bits per heavy atom. The fraction of sp³-hybridized carbons (Fsp3) is 0.391. The molecule has 1 aliphatic heterocycles. The minimum Gasteiger partial charge on any atom is -0.550 e. The van der Waals surface area contributed by atoms with Gasteiger partial charge in [-0.3, -0.25) is 4.79 Å². The van der Waals surface area contributed by atoms with Crippen LogP contribution in [0.3, 0.4) is 0 Å². The molecule has 0 aromatic heterocycles. The first-order valence-corrected chi connectivity index (χ1v) is 9.76. The number of carboxylic acids is 1. The topological polar surface area (TPSA) is 75.7 Å². The summed E-state index contributed by atoms with van der Waals surface area (Å²) in [5, 5.41) is 12.0. The van der Waals surface area contributed by atoms with E-state index < -0.39 is 29.6 Å². The Kier molecular flexibility index (Phi) is 5.44. The van der Waals surface area contributed by atoms with Crippen LogP contribution < -0.4 is 5.11 Å². The molecule has 2 aliphatic rings. The van der Waals surface area contributed by atoms with Gasteiger partial charge >= 0.3 is 5.97 Å². The molecule has 5 heteroatoms. The molecule has 3 atom stereocenters. The van der Waals surface area contributed by atoms with Crippen LogP contribution in [0.25, 0.3) is 0 Å². The van der Waals surface area contributed by atoms with Crippen LogP contribution in [-0.4, -0.2) is 31.3 Å². The molecule has 1 saturated carbocycles. The van der Waals surface area contributed by atoms with E-state index in [9.17, 15) is 14.7 Å². The van der Waals surface area contributed by atoms with Crippen molar-refractivity contribution in [1.82, 2.24) is 0 Å². The number of aliphatic carboxylic acids is 1. The third kappa shape index (κ3) is 3.54. The summed E-state index contributed by atoms with van der Waals surface area (Å²) < 4.78 is 11.1. The summed E-state index contributed by atoms with van der Waals surface area (Å²) in [6, 6.07) is 18.6. The first-order chi connectivity index (χ1) is 13.7. The van der Waals surface area contributed by atoms with E-state index in [0.717, 1.165) is 24.0 Å². The minimum absolute atomic E-state index is 0.0636. The Hall–Kier alpha value is -2.66. The third-order valence-electron chi connectivity index (χ3n) is 5.90. The maximum absolute atomic E-state index is 13.0. The summed E-state index contributed by atoms with van der Waals surface area (Å²) in [6.07, 6.45) is 1.79. The Labute approximate surface area is 164 Å². The molecule has 28 heavy (non-hydrogen) atoms. The number of rotatable bonds is 6. The first-order valence-electron chi connectivity index (χ1n) is 9.76. The largest absolute Gasteiger partial charge is 0.550 e. The summed E-state index contributed by atoms with van der Waals surface area (Å²) in [6.45, 7) is 0.909. The van der Waals surface area contributed by atoms with Crippen LogP contribution in [0.5, 0.6) is 0 Å². The van der Waals surface area contributed by atoms with Crippen LogP contribution in [0.1, 0.15) is 35.8 Å². The van der Waals surface area contributed by atoms with Crippen molar-refractivity contribution in [2.24, 2.45) is 11.8 Å². The van der Waals surface area contributed by atoms with Crippen molar-refractivity contribution in [3.63, 3.8) is 0 Å². The van der Waals surface area contributed by atoms with Crippen molar-refractivity contribution in [1.29, 1.82) is 0 Å². The Morgan fingerprint density at radius 2 is 1.50 bits per heavy atom. The number of hydrogen-bond donors (Lipinski definition) is 0. The number of carbonyl (C=O) groups excluding carboxylic acids is 2. The second kappa shape index (κ2) is 8.15. The molecule has 0 amide bonds. The lowest BCUT2D eigenvalue weighted by Crippen LogP contribution is -2.55. The van der Waals surface area contributed by atoms with Crippen LogP contribution in [0, 0.1) is 11.8 Å². The smallest absolute Gasteiger partial charge is 0.310 e. The molecule has 0 radical (unpaired) electrons. The standard InChI is InChI=1S/C23H24O5/c24-22(25)20-18(15-8-3-1-4-9-15)21(19(20)16-10-5-2-6-11-16)23(26)28-14-17-12-7-13-27-17/h1-6,8-11,17-21H,7,12-14H2,(H,24,25)/p-1/t17-,18-,19-,20?,21?/m1/s1. The molecular weight excluding hydrogens is 356 g/mol. The molecule has 1 saturated heterocycles. The number of hydrogen-bond acceptors (Lipinski definition) is 5. The molecule has 5 nitrogen and oxygen atoms in total. The van der Waals surface area contributed by atoms with Gasteiger partial charge in [-0.15, -0.1) is 0 Å². The predicted molar refractivity (Wildman–Crippen MR) is 100 cm³/mol. The zero-order valence-corrected chi connectivity index (χ0v) is 15.5. The SMILES string of the molecule is O=C([O-])C1[C@@H](c2ccccc2)C(C(=O)OC[C@H]2CCCO2)[C@@H]1c1ccccc1. The maximum Gasteiger partial charge on any atom is 0.310 e. The molecule has 0 unspecified atom stereocenters. The highest BCUT2D eigenvalue weighted by Crippen LogP contribution is 2.57. The van der Waals surface area contributed by atoms with Crippen molar-refractivity contribution in [3.8, 4) is 0 Å². The third-order valence-corrected chi connectivity index (χ3v) is 5.90. The molecule has 0 spiro atoms. The Bertz CT molecular complexity index is 766. The normalized spacial score (nSPS) is 29.1. The fourth-order valence-corrected chi connectivity index (χ4v) is 4.56. The number of ether oxygens (including phenoxy) is 2. The molecule has 2 aromatic carbocycles. The maximum atomic E-state index is 13.0. The first kappa shape index (κ1) is 18.7. The second-order valence-electron chi connectivity index (χ2n) is 7.51. The zero-order valence-electron chi connectivity index (χ0n) is 15.5. The van der Waals surface area contributed by atoms with E-state index in [0.29, 0.717) is 6.61 Å². The number of carboxylic acid groups (broad SMARTS) is 1. The average Bonchev–Trinajstić information content (AvgIpc) is 3.21. The molecule has 2 aromatic rings. The van der Waals surface area contributed by atoms with Crippen molar-refractivity contribution < 1.29 is 24.2 Å². The minimum atomic E-state index is -1.13. The molecule has 2 fully saturated rings. The van der Waals surface area contributed by atoms with E-state index in [2.05, 4.69) is 0 Å². The van der Waals surface area contributed by atoms with Gasteiger partial charge in [-0.2, -0.15) is 0 Å². The molecule has 1 aliphatic carbocycles. The van der Waals surface area contributed by atoms with Crippen molar-refractivity contribution in [2.45, 2.75) is 30.8 Å². The van der Waals surface area contributed by atoms with Gasteiger partial charge in [0.1, 0.15) is 6.61 Å². The van der Waals surface area contributed by atoms with Crippen LogP contribution in [0.15, 0.2) is 60.7 Å². The van der Waals surface area contributed by atoms with Crippen molar-refractivity contribution >= 4 is 11.9 Å². The zero-order chi connectivity index (χ0) is 19.5. The van der Waals surface area contributed by atoms with Gasteiger partial charge in [0.2, 0.25) is 0 Å². The van der Waals surface area contributed by atoms with Crippen molar-refractivity contribution in [2.75, 3.05) is 13.2 Å². The Morgan fingerprint density at radius 1 is 0.929 bits per heavy atom. The van der Waals surface area contributed by atoms with E-state index in [1.165, 1.54) is 0 Å². The highest BCUT2D eigenvalue weighted by atomic mass is 16.6. The molecular formula is C23H23O5-. The highest BCUT2D eigenvalue weighted by Gasteiger charge is 2.56. The monoisotopic (exact) mass is 379 g/mol. The van der Waals surface area contributed by atoms with Gasteiger partial charge < -0.3 is 19.4 Å². The number of benzene rings is 2. The molecule has 0 bridgehead atoms. The highest BCUT2D eigenvalue weighted by molar-refractivity contribution is 5.83. The van der Waals surface area contributed by atoms with E-state index in [1.54, 1.807) is 0 Å². The number of esters is 1. The van der Waals surface area contributed by atoms with Gasteiger partial charge in [0.25, 0.3) is 0 Å². The summed E-state index contributed by atoms with van der Waals surface area (Å²) in [4.78, 5) is 25.0. The summed E-state index contributed by atoms with van der Waals surface area (Å²) in [5.74, 6) is -3.76. The van der Waals surface area contributed by atoms with Gasteiger partial charge in [-0.1, -0.05) is 60.7 Å². The van der Waals surface area contributed by atoms with Crippen LogP contribution in [-0.2, 0) is 19.1 Å². The van der Waals surface area contributed by atoms with Gasteiger partial charge in [-0.05, 0) is 24.0 Å². The lowest BCUT2D eigenvalue weighted by atomic mass is 9.52. The van der Waals surface area contributed by atoms with E-state index in [-0.39, 0.29) is 18.7 Å². The quantitative estimate of drug-likeness (QED) is 0.720. The number of carbonyl (C=O) groups is 2. The van der Waals surface area contributed by atoms with Crippen LogP contribution >= 0.6 is 0 Å². The summed E-state index contributed by atoms with van der Waals surface area (Å²) in [7, 11) is 0. The summed E-state index contributed by atoms with van der Waals surface area (Å²) in [5.41, 5.74) is 1.64. The molecule has 146 valence electrons. The van der Waals surface area contributed by atoms with Gasteiger partial charge in [-0.25, -0.2) is 0 Å². The van der Waals surface area contributed by atoms with E-state index >= 15 is 0 Å². The summed E-state index contributed by atoms with van der Waals surface area (Å²) >= 11 is 0. The molecule has 4 rings (SSSR count). The van der Waals surface area contributed by atoms with Crippen LogP contribution in [0.2, 0.25) is 0 Å². The van der Waals surface area contributed by atoms with Gasteiger partial charge in [0.15, 0.2) is 0 Å². The fourth-order valence-electron chi connectivity index (χ4n) is 4.56. The van der Waals surface area contributed by atoms with Gasteiger partial charge in [0.05, 0.1) is 12.0 Å². The lowest BCUT2D eigenvalue weighted by molar-refractivity contribution is -0.317. The lowest BCUT2D eigenvalue weighted by Gasteiger charge is -2.51. The van der Waals surface area contributed by atoms with E-state index in [4.69, 9.17) is 9.47 Å². The van der Waals surface area contributed by atoms with Gasteiger partial charge in [0, 0.05) is 30.3 Å². The van der Waals surface area contributed by atoms with Crippen molar-refractivity contribution in [3.05, 3.63) is 71.8 Å².